The first-order valence-electron chi connectivity index (χ1n) is 7.44. The Kier molecular flexibility index (Phi) is 3.22. The molecule has 1 amide bonds. The van der Waals surface area contributed by atoms with Gasteiger partial charge in [-0.15, -0.1) is 11.3 Å². The fraction of sp³-hybridized carbons (Fsp3) is 0.294. The van der Waals surface area contributed by atoms with Gasteiger partial charge in [0.1, 0.15) is 5.82 Å². The van der Waals surface area contributed by atoms with E-state index in [4.69, 9.17) is 4.98 Å². The minimum atomic E-state index is 0.185. The molecular weight excluding hydrogens is 294 g/mol. The van der Waals surface area contributed by atoms with Gasteiger partial charge in [-0.05, 0) is 23.6 Å². The summed E-state index contributed by atoms with van der Waals surface area (Å²) in [7, 11) is 2.04. The number of nitrogens with zero attached hydrogens (tertiary/aromatic N) is 3. The average molecular weight is 311 g/mol. The first-order valence-corrected chi connectivity index (χ1v) is 8.32. The molecule has 112 valence electrons. The van der Waals surface area contributed by atoms with Gasteiger partial charge in [-0.1, -0.05) is 18.2 Å². The van der Waals surface area contributed by atoms with Gasteiger partial charge in [0.2, 0.25) is 5.91 Å². The molecule has 1 aliphatic rings. The predicted octanol–water partition coefficient (Wildman–Crippen LogP) is 3.15. The summed E-state index contributed by atoms with van der Waals surface area (Å²) in [4.78, 5) is 20.2. The van der Waals surface area contributed by atoms with Crippen LogP contribution in [0.5, 0.6) is 0 Å². The molecule has 1 aliphatic heterocycles. The van der Waals surface area contributed by atoms with Crippen molar-refractivity contribution >= 4 is 28.3 Å². The van der Waals surface area contributed by atoms with Gasteiger partial charge in [0.05, 0.1) is 17.6 Å². The smallest absolute Gasteiger partial charge is 0.223 e. The van der Waals surface area contributed by atoms with E-state index in [1.54, 1.807) is 11.3 Å². The van der Waals surface area contributed by atoms with E-state index in [2.05, 4.69) is 22.1 Å². The van der Waals surface area contributed by atoms with Crippen LogP contribution in [-0.2, 0) is 18.4 Å². The van der Waals surface area contributed by atoms with Crippen LogP contribution in [0, 0.1) is 0 Å². The maximum Gasteiger partial charge on any atom is 0.223 e. The number of carbonyl (C=O) groups excluding carboxylic acids is 1. The van der Waals surface area contributed by atoms with Gasteiger partial charge in [0.25, 0.3) is 0 Å². The van der Waals surface area contributed by atoms with Crippen LogP contribution < -0.4 is 0 Å². The number of carbonyl (C=O) groups is 1. The van der Waals surface area contributed by atoms with E-state index in [9.17, 15) is 4.79 Å². The lowest BCUT2D eigenvalue weighted by Gasteiger charge is -2.15. The lowest BCUT2D eigenvalue weighted by molar-refractivity contribution is -0.128. The first kappa shape index (κ1) is 13.5. The van der Waals surface area contributed by atoms with E-state index in [1.807, 2.05) is 36.2 Å². The molecule has 0 N–H and O–H groups in total. The molecule has 0 radical (unpaired) electrons. The molecule has 3 heterocycles. The Labute approximate surface area is 133 Å². The number of rotatable bonds is 3. The summed E-state index contributed by atoms with van der Waals surface area (Å²) in [5.41, 5.74) is 2.13. The van der Waals surface area contributed by atoms with Crippen LogP contribution in [0.4, 0.5) is 0 Å². The summed E-state index contributed by atoms with van der Waals surface area (Å²) in [6.45, 7) is 1.48. The zero-order valence-corrected chi connectivity index (χ0v) is 13.2. The molecule has 0 saturated carbocycles. The Morgan fingerprint density at radius 1 is 1.27 bits per heavy atom. The fourth-order valence-electron chi connectivity index (χ4n) is 3.22. The van der Waals surface area contributed by atoms with Crippen molar-refractivity contribution < 1.29 is 4.79 Å². The topological polar surface area (TPSA) is 38.1 Å². The molecule has 1 fully saturated rings. The maximum atomic E-state index is 12.3. The third kappa shape index (κ3) is 2.22. The van der Waals surface area contributed by atoms with Gasteiger partial charge in [-0.25, -0.2) is 4.98 Å². The molecule has 1 atom stereocenters. The van der Waals surface area contributed by atoms with Gasteiger partial charge < -0.3 is 9.47 Å². The number of para-hydroxylation sites is 2. The highest BCUT2D eigenvalue weighted by Gasteiger charge is 2.33. The Bertz CT molecular complexity index is 822. The number of amides is 1. The van der Waals surface area contributed by atoms with E-state index >= 15 is 0 Å². The molecule has 0 bridgehead atoms. The molecule has 0 unspecified atom stereocenters. The second-order valence-corrected chi connectivity index (χ2v) is 6.80. The van der Waals surface area contributed by atoms with Crippen LogP contribution in [0.1, 0.15) is 23.0 Å². The van der Waals surface area contributed by atoms with Gasteiger partial charge >= 0.3 is 0 Å². The minimum absolute atomic E-state index is 0.185. The predicted molar refractivity (Wildman–Crippen MR) is 87.8 cm³/mol. The quantitative estimate of drug-likeness (QED) is 0.745. The fourth-order valence-corrected chi connectivity index (χ4v) is 3.94. The van der Waals surface area contributed by atoms with Crippen molar-refractivity contribution in [2.45, 2.75) is 18.9 Å². The van der Waals surface area contributed by atoms with Crippen molar-refractivity contribution in [2.75, 3.05) is 6.54 Å². The third-order valence-electron chi connectivity index (χ3n) is 4.33. The summed E-state index contributed by atoms with van der Waals surface area (Å²) in [5.74, 6) is 1.43. The van der Waals surface area contributed by atoms with E-state index in [0.717, 1.165) is 29.9 Å². The largest absolute Gasteiger partial charge is 0.337 e. The normalized spacial score (nSPS) is 18.5. The summed E-state index contributed by atoms with van der Waals surface area (Å²) < 4.78 is 2.13. The molecule has 5 heteroatoms. The number of hydrogen-bond acceptors (Lipinski definition) is 3. The lowest BCUT2D eigenvalue weighted by atomic mass is 10.1. The van der Waals surface area contributed by atoms with Crippen molar-refractivity contribution in [3.8, 4) is 0 Å². The van der Waals surface area contributed by atoms with Crippen LogP contribution >= 0.6 is 11.3 Å². The number of thiophene rings is 1. The number of aromatic nitrogens is 2. The van der Waals surface area contributed by atoms with Gasteiger partial charge in [-0.2, -0.15) is 0 Å². The van der Waals surface area contributed by atoms with Crippen LogP contribution in [0.3, 0.4) is 0 Å². The Morgan fingerprint density at radius 2 is 2.14 bits per heavy atom. The van der Waals surface area contributed by atoms with E-state index in [0.29, 0.717) is 6.42 Å². The highest BCUT2D eigenvalue weighted by molar-refractivity contribution is 7.09. The number of hydrogen-bond donors (Lipinski definition) is 0. The summed E-state index contributed by atoms with van der Waals surface area (Å²) in [6, 6.07) is 12.2. The summed E-state index contributed by atoms with van der Waals surface area (Å²) in [6.07, 6.45) is 0.558. The highest BCUT2D eigenvalue weighted by Crippen LogP contribution is 2.30. The van der Waals surface area contributed by atoms with Gasteiger partial charge in [0, 0.05) is 30.8 Å². The van der Waals surface area contributed by atoms with Crippen LogP contribution in [0.25, 0.3) is 11.0 Å². The van der Waals surface area contributed by atoms with Crippen molar-refractivity contribution in [1.29, 1.82) is 0 Å². The molecule has 0 spiro atoms. The number of imidazole rings is 1. The molecule has 4 nitrogen and oxygen atoms in total. The average Bonchev–Trinajstić information content (AvgIpc) is 3.22. The van der Waals surface area contributed by atoms with Crippen molar-refractivity contribution in [1.82, 2.24) is 14.5 Å². The summed E-state index contributed by atoms with van der Waals surface area (Å²) in [5, 5.41) is 2.05. The monoisotopic (exact) mass is 311 g/mol. The van der Waals surface area contributed by atoms with E-state index < -0.39 is 0 Å². The second kappa shape index (κ2) is 5.25. The van der Waals surface area contributed by atoms with E-state index in [1.165, 1.54) is 4.88 Å². The standard InChI is InChI=1S/C17H17N3OS/c1-19-15-7-3-2-6-14(15)18-17(19)12-9-16(21)20(10-12)11-13-5-4-8-22-13/h2-8,12H,9-11H2,1H3/t12-/m1/s1. The second-order valence-electron chi connectivity index (χ2n) is 5.77. The van der Waals surface area contributed by atoms with Crippen molar-refractivity contribution in [3.63, 3.8) is 0 Å². The number of aryl methyl sites for hydroxylation is 1. The molecule has 2 aromatic heterocycles. The van der Waals surface area contributed by atoms with E-state index in [-0.39, 0.29) is 11.8 Å². The Balaban J connectivity index is 1.60. The zero-order chi connectivity index (χ0) is 15.1. The highest BCUT2D eigenvalue weighted by atomic mass is 32.1. The lowest BCUT2D eigenvalue weighted by Crippen LogP contribution is -2.24. The zero-order valence-electron chi connectivity index (χ0n) is 12.4. The molecule has 1 saturated heterocycles. The van der Waals surface area contributed by atoms with Crippen molar-refractivity contribution in [2.24, 2.45) is 7.05 Å². The number of benzene rings is 1. The van der Waals surface area contributed by atoms with Crippen LogP contribution in [-0.4, -0.2) is 26.9 Å². The molecule has 1 aromatic carbocycles. The molecule has 3 aromatic rings. The molecular formula is C17H17N3OS. The molecule has 4 rings (SSSR count). The SMILES string of the molecule is Cn1c([C@@H]2CC(=O)N(Cc3cccs3)C2)nc2ccccc21. The molecule has 0 aliphatic carbocycles. The third-order valence-corrected chi connectivity index (χ3v) is 5.19. The van der Waals surface area contributed by atoms with Gasteiger partial charge in [-0.3, -0.25) is 4.79 Å². The van der Waals surface area contributed by atoms with Gasteiger partial charge in [0.15, 0.2) is 0 Å². The van der Waals surface area contributed by atoms with Crippen LogP contribution in [0.15, 0.2) is 41.8 Å². The minimum Gasteiger partial charge on any atom is -0.337 e. The molecule has 22 heavy (non-hydrogen) atoms. The van der Waals surface area contributed by atoms with Crippen molar-refractivity contribution in [3.05, 3.63) is 52.5 Å². The Morgan fingerprint density at radius 3 is 2.91 bits per heavy atom. The first-order chi connectivity index (χ1) is 10.7. The number of fused-ring (bicyclic) bond motifs is 1. The Hall–Kier alpha value is -2.14. The number of likely N-dealkylation sites (tertiary alicyclic amines) is 1. The van der Waals surface area contributed by atoms with Crippen LogP contribution in [0.2, 0.25) is 0 Å². The maximum absolute atomic E-state index is 12.3. The summed E-state index contributed by atoms with van der Waals surface area (Å²) >= 11 is 1.70.